The Balaban J connectivity index is 2.10. The number of rotatable bonds is 4. The maximum absolute atomic E-state index is 12.8. The summed E-state index contributed by atoms with van der Waals surface area (Å²) in [4.78, 5) is 4.36. The molecule has 92 valence electrons. The largest absolute Gasteiger partial charge is 0.388 e. The van der Waals surface area contributed by atoms with Crippen LogP contribution < -0.4 is 11.1 Å². The van der Waals surface area contributed by atoms with Crippen LogP contribution in [0.1, 0.15) is 11.3 Å². The van der Waals surface area contributed by atoms with Gasteiger partial charge in [0.2, 0.25) is 0 Å². The third-order valence-electron chi connectivity index (χ3n) is 2.44. The van der Waals surface area contributed by atoms with E-state index in [-0.39, 0.29) is 10.8 Å². The van der Waals surface area contributed by atoms with Crippen LogP contribution in [0.5, 0.6) is 0 Å². The summed E-state index contributed by atoms with van der Waals surface area (Å²) in [6, 6.07) is 9.95. The Morgan fingerprint density at radius 2 is 2.00 bits per heavy atom. The predicted octanol–water partition coefficient (Wildman–Crippen LogP) is 2.47. The van der Waals surface area contributed by atoms with E-state index >= 15 is 0 Å². The molecular weight excluding hydrogens is 249 g/mol. The Bertz CT molecular complexity index is 554. The van der Waals surface area contributed by atoms with Crippen LogP contribution in [0.25, 0.3) is 0 Å². The average Bonchev–Trinajstić information content (AvgIpc) is 2.38. The zero-order valence-electron chi connectivity index (χ0n) is 9.56. The molecular formula is C13H12FN3S. The smallest absolute Gasteiger partial charge is 0.124 e. The Morgan fingerprint density at radius 1 is 1.28 bits per heavy atom. The summed E-state index contributed by atoms with van der Waals surface area (Å²) in [5.74, 6) is -0.246. The molecule has 0 unspecified atom stereocenters. The van der Waals surface area contributed by atoms with Gasteiger partial charge in [-0.15, -0.1) is 0 Å². The number of hydrogen-bond donors (Lipinski definition) is 2. The number of aromatic nitrogens is 1. The second kappa shape index (κ2) is 5.55. The minimum Gasteiger partial charge on any atom is -0.388 e. The molecule has 0 aliphatic carbocycles. The van der Waals surface area contributed by atoms with Crippen molar-refractivity contribution in [2.75, 3.05) is 5.32 Å². The fourth-order valence-corrected chi connectivity index (χ4v) is 1.71. The normalized spacial score (nSPS) is 10.1. The van der Waals surface area contributed by atoms with E-state index in [0.717, 1.165) is 11.3 Å². The molecule has 0 saturated heterocycles. The molecule has 0 atom stereocenters. The van der Waals surface area contributed by atoms with Crippen molar-refractivity contribution in [1.29, 1.82) is 0 Å². The number of nitrogens with one attached hydrogen (secondary N) is 1. The van der Waals surface area contributed by atoms with Gasteiger partial charge in [0.15, 0.2) is 0 Å². The molecule has 2 aromatic rings. The monoisotopic (exact) mass is 261 g/mol. The summed E-state index contributed by atoms with van der Waals surface area (Å²) in [5, 5.41) is 3.18. The molecule has 18 heavy (non-hydrogen) atoms. The topological polar surface area (TPSA) is 50.9 Å². The second-order valence-corrected chi connectivity index (χ2v) is 4.18. The van der Waals surface area contributed by atoms with Gasteiger partial charge in [-0.05, 0) is 29.8 Å². The van der Waals surface area contributed by atoms with Crippen molar-refractivity contribution in [3.05, 3.63) is 59.7 Å². The van der Waals surface area contributed by atoms with Gasteiger partial charge in [-0.2, -0.15) is 0 Å². The summed E-state index contributed by atoms with van der Waals surface area (Å²) in [7, 11) is 0. The van der Waals surface area contributed by atoms with Crippen LogP contribution in [-0.2, 0) is 6.54 Å². The lowest BCUT2D eigenvalue weighted by atomic mass is 10.2. The Kier molecular flexibility index (Phi) is 3.84. The first-order chi connectivity index (χ1) is 8.66. The van der Waals surface area contributed by atoms with Gasteiger partial charge in [0, 0.05) is 12.7 Å². The van der Waals surface area contributed by atoms with Gasteiger partial charge in [0.1, 0.15) is 16.5 Å². The van der Waals surface area contributed by atoms with Crippen molar-refractivity contribution < 1.29 is 4.39 Å². The van der Waals surface area contributed by atoms with Gasteiger partial charge < -0.3 is 11.1 Å². The fourth-order valence-electron chi connectivity index (χ4n) is 1.54. The third kappa shape index (κ3) is 3.01. The minimum atomic E-state index is -0.246. The highest BCUT2D eigenvalue weighted by Crippen LogP contribution is 2.13. The van der Waals surface area contributed by atoms with Gasteiger partial charge in [0.05, 0.1) is 5.69 Å². The summed E-state index contributed by atoms with van der Waals surface area (Å²) in [5.41, 5.74) is 7.89. The average molecular weight is 261 g/mol. The van der Waals surface area contributed by atoms with E-state index in [1.54, 1.807) is 24.4 Å². The molecule has 1 aromatic heterocycles. The van der Waals surface area contributed by atoms with Crippen molar-refractivity contribution >= 4 is 22.9 Å². The Hall–Kier alpha value is -2.01. The Labute approximate surface area is 110 Å². The number of anilines is 1. The van der Waals surface area contributed by atoms with Crippen LogP contribution >= 0.6 is 12.2 Å². The molecule has 3 N–H and O–H groups in total. The van der Waals surface area contributed by atoms with Crippen molar-refractivity contribution in [1.82, 2.24) is 4.98 Å². The highest BCUT2D eigenvalue weighted by Gasteiger charge is 2.05. The molecule has 0 bridgehead atoms. The van der Waals surface area contributed by atoms with Crippen LogP contribution in [0.15, 0.2) is 42.6 Å². The molecule has 2 rings (SSSR count). The molecule has 1 aromatic carbocycles. The second-order valence-electron chi connectivity index (χ2n) is 3.74. The van der Waals surface area contributed by atoms with E-state index in [1.807, 2.05) is 6.07 Å². The zero-order valence-corrected chi connectivity index (χ0v) is 10.4. The van der Waals surface area contributed by atoms with Crippen molar-refractivity contribution in [3.63, 3.8) is 0 Å². The highest BCUT2D eigenvalue weighted by atomic mass is 32.1. The first-order valence-electron chi connectivity index (χ1n) is 5.40. The summed E-state index contributed by atoms with van der Waals surface area (Å²) in [6.07, 6.45) is 1.64. The number of halogens is 1. The molecule has 0 fully saturated rings. The minimum absolute atomic E-state index is 0.246. The SMILES string of the molecule is NC(=S)c1ncccc1NCc1ccc(F)cc1. The number of pyridine rings is 1. The number of hydrogen-bond acceptors (Lipinski definition) is 3. The first kappa shape index (κ1) is 12.4. The maximum Gasteiger partial charge on any atom is 0.124 e. The molecule has 5 heteroatoms. The van der Waals surface area contributed by atoms with Crippen molar-refractivity contribution in [2.45, 2.75) is 6.54 Å². The van der Waals surface area contributed by atoms with Crippen LogP contribution in [0.4, 0.5) is 10.1 Å². The lowest BCUT2D eigenvalue weighted by Crippen LogP contribution is -2.15. The van der Waals surface area contributed by atoms with Crippen LogP contribution in [0, 0.1) is 5.82 Å². The van der Waals surface area contributed by atoms with Crippen molar-refractivity contribution in [3.8, 4) is 0 Å². The fraction of sp³-hybridized carbons (Fsp3) is 0.0769. The van der Waals surface area contributed by atoms with Gasteiger partial charge in [0.25, 0.3) is 0 Å². The van der Waals surface area contributed by atoms with E-state index in [0.29, 0.717) is 12.2 Å². The van der Waals surface area contributed by atoms with Crippen LogP contribution in [0.3, 0.4) is 0 Å². The number of benzene rings is 1. The van der Waals surface area contributed by atoms with Gasteiger partial charge in [-0.1, -0.05) is 24.4 Å². The van der Waals surface area contributed by atoms with Crippen molar-refractivity contribution in [2.24, 2.45) is 5.73 Å². The van der Waals surface area contributed by atoms with E-state index in [9.17, 15) is 4.39 Å². The summed E-state index contributed by atoms with van der Waals surface area (Å²) in [6.45, 7) is 0.557. The Morgan fingerprint density at radius 3 is 2.67 bits per heavy atom. The lowest BCUT2D eigenvalue weighted by molar-refractivity contribution is 0.627. The number of nitrogens with two attached hydrogens (primary N) is 1. The predicted molar refractivity (Wildman–Crippen MR) is 73.9 cm³/mol. The molecule has 3 nitrogen and oxygen atoms in total. The molecule has 0 aliphatic rings. The van der Waals surface area contributed by atoms with Gasteiger partial charge in [-0.25, -0.2) is 4.39 Å². The number of nitrogens with zero attached hydrogens (tertiary/aromatic N) is 1. The molecule has 0 spiro atoms. The summed E-state index contributed by atoms with van der Waals surface area (Å²) < 4.78 is 12.8. The highest BCUT2D eigenvalue weighted by molar-refractivity contribution is 7.80. The summed E-state index contributed by atoms with van der Waals surface area (Å²) >= 11 is 4.92. The maximum atomic E-state index is 12.8. The van der Waals surface area contributed by atoms with Crippen LogP contribution in [-0.4, -0.2) is 9.97 Å². The molecule has 0 radical (unpaired) electrons. The molecule has 0 aliphatic heterocycles. The van der Waals surface area contributed by atoms with E-state index < -0.39 is 0 Å². The van der Waals surface area contributed by atoms with E-state index in [4.69, 9.17) is 18.0 Å². The van der Waals surface area contributed by atoms with Gasteiger partial charge in [-0.3, -0.25) is 4.98 Å². The van der Waals surface area contributed by atoms with E-state index in [2.05, 4.69) is 10.3 Å². The molecule has 0 amide bonds. The third-order valence-corrected chi connectivity index (χ3v) is 2.63. The molecule has 1 heterocycles. The lowest BCUT2D eigenvalue weighted by Gasteiger charge is -2.10. The zero-order chi connectivity index (χ0) is 13.0. The van der Waals surface area contributed by atoms with E-state index in [1.165, 1.54) is 12.1 Å². The van der Waals surface area contributed by atoms with Gasteiger partial charge >= 0.3 is 0 Å². The molecule has 0 saturated carbocycles. The number of thiocarbonyl (C=S) groups is 1. The first-order valence-corrected chi connectivity index (χ1v) is 5.81. The quantitative estimate of drug-likeness (QED) is 0.830. The standard InChI is InChI=1S/C13H12FN3S/c14-10-5-3-9(4-6-10)8-17-11-2-1-7-16-12(11)13(15)18/h1-7,17H,8H2,(H2,15,18). The van der Waals surface area contributed by atoms with Crippen LogP contribution in [0.2, 0.25) is 0 Å².